The lowest BCUT2D eigenvalue weighted by Gasteiger charge is -1.95. The Kier molecular flexibility index (Phi) is 2.75. The molecule has 0 aromatic heterocycles. The maximum atomic E-state index is 12.5. The summed E-state index contributed by atoms with van der Waals surface area (Å²) in [6.07, 6.45) is 0. The molecule has 1 unspecified atom stereocenters. The van der Waals surface area contributed by atoms with Crippen LogP contribution in [0, 0.1) is 5.82 Å². The summed E-state index contributed by atoms with van der Waals surface area (Å²) in [4.78, 5) is 0.0527. The van der Waals surface area contributed by atoms with Crippen LogP contribution in [-0.4, -0.2) is 8.76 Å². The van der Waals surface area contributed by atoms with Crippen LogP contribution in [0.25, 0.3) is 0 Å². The van der Waals surface area contributed by atoms with Crippen molar-refractivity contribution in [1.29, 1.82) is 0 Å². The lowest BCUT2D eigenvalue weighted by molar-refractivity contribution is 0.561. The highest BCUT2D eigenvalue weighted by molar-refractivity contribution is 9.10. The summed E-state index contributed by atoms with van der Waals surface area (Å²) in [5.74, 6) is -0.531. The first-order chi connectivity index (χ1) is 5.09. The van der Waals surface area contributed by atoms with Gasteiger partial charge in [-0.3, -0.25) is 0 Å². The van der Waals surface area contributed by atoms with Crippen molar-refractivity contribution in [1.82, 2.24) is 0 Å². The number of benzene rings is 1. The van der Waals surface area contributed by atoms with Crippen molar-refractivity contribution >= 4 is 27.0 Å². The largest absolute Gasteiger partial charge is 0.302 e. The second-order valence-corrected chi connectivity index (χ2v) is 3.74. The van der Waals surface area contributed by atoms with Crippen LogP contribution in [-0.2, 0) is 11.1 Å². The predicted octanol–water partition coefficient (Wildman–Crippen LogP) is 2.17. The Morgan fingerprint density at radius 2 is 2.09 bits per heavy atom. The fourth-order valence-electron chi connectivity index (χ4n) is 0.629. The van der Waals surface area contributed by atoms with Gasteiger partial charge in [-0.25, -0.2) is 8.60 Å². The normalized spacial score (nSPS) is 13.0. The zero-order valence-electron chi connectivity index (χ0n) is 5.25. The van der Waals surface area contributed by atoms with E-state index in [-0.39, 0.29) is 4.90 Å². The van der Waals surface area contributed by atoms with E-state index in [0.29, 0.717) is 4.47 Å². The van der Waals surface area contributed by atoms with Gasteiger partial charge in [-0.05, 0) is 18.2 Å². The third-order valence-electron chi connectivity index (χ3n) is 1.04. The lowest BCUT2D eigenvalue weighted by Crippen LogP contribution is -1.89. The Morgan fingerprint density at radius 3 is 2.55 bits per heavy atom. The molecule has 0 aliphatic heterocycles. The van der Waals surface area contributed by atoms with Crippen molar-refractivity contribution in [2.24, 2.45) is 0 Å². The minimum absolute atomic E-state index is 0.0527. The lowest BCUT2D eigenvalue weighted by atomic mass is 10.3. The van der Waals surface area contributed by atoms with Crippen molar-refractivity contribution in [3.63, 3.8) is 0 Å². The van der Waals surface area contributed by atoms with Crippen LogP contribution in [0.4, 0.5) is 4.39 Å². The summed E-state index contributed by atoms with van der Waals surface area (Å²) in [6, 6.07) is 3.62. The van der Waals surface area contributed by atoms with Gasteiger partial charge in [0.25, 0.3) is 0 Å². The molecule has 0 aliphatic carbocycles. The van der Waals surface area contributed by atoms with E-state index in [2.05, 4.69) is 15.9 Å². The summed E-state index contributed by atoms with van der Waals surface area (Å²) < 4.78 is 32.0. The fourth-order valence-corrected chi connectivity index (χ4v) is 1.69. The third kappa shape index (κ3) is 2.36. The van der Waals surface area contributed by atoms with Crippen LogP contribution >= 0.6 is 15.9 Å². The summed E-state index contributed by atoms with van der Waals surface area (Å²) in [5.41, 5.74) is 0. The Labute approximate surface area is 73.8 Å². The monoisotopic (exact) mass is 238 g/mol. The Balaban J connectivity index is 3.19. The van der Waals surface area contributed by atoms with Gasteiger partial charge in [0, 0.05) is 4.47 Å². The van der Waals surface area contributed by atoms with E-state index in [4.69, 9.17) is 4.55 Å². The molecular weight excluding hydrogens is 235 g/mol. The maximum absolute atomic E-state index is 12.5. The van der Waals surface area contributed by atoms with Gasteiger partial charge < -0.3 is 4.55 Å². The first-order valence-corrected chi connectivity index (χ1v) is 4.56. The molecule has 0 radical (unpaired) electrons. The van der Waals surface area contributed by atoms with Gasteiger partial charge in [0.15, 0.2) is 11.1 Å². The van der Waals surface area contributed by atoms with Crippen molar-refractivity contribution in [2.75, 3.05) is 0 Å². The molecule has 0 saturated carbocycles. The molecular formula is C6H4BrFO2S. The highest BCUT2D eigenvalue weighted by atomic mass is 79.9. The predicted molar refractivity (Wildman–Crippen MR) is 43.1 cm³/mol. The molecule has 2 nitrogen and oxygen atoms in total. The number of hydrogen-bond acceptors (Lipinski definition) is 1. The topological polar surface area (TPSA) is 37.3 Å². The zero-order chi connectivity index (χ0) is 8.43. The quantitative estimate of drug-likeness (QED) is 0.762. The molecule has 60 valence electrons. The van der Waals surface area contributed by atoms with Crippen molar-refractivity contribution in [3.8, 4) is 0 Å². The van der Waals surface area contributed by atoms with Gasteiger partial charge in [-0.15, -0.1) is 0 Å². The molecule has 0 heterocycles. The standard InChI is InChI=1S/C6H4BrFO2S/c7-4-1-5(8)3-6(2-4)11(9)10/h1-3H,(H,9,10). The molecule has 1 N–H and O–H groups in total. The Hall–Kier alpha value is -0.260. The van der Waals surface area contributed by atoms with Crippen LogP contribution < -0.4 is 0 Å². The van der Waals surface area contributed by atoms with Gasteiger partial charge >= 0.3 is 0 Å². The number of halogens is 2. The molecule has 0 saturated heterocycles. The van der Waals surface area contributed by atoms with E-state index in [0.717, 1.165) is 6.07 Å². The summed E-state index contributed by atoms with van der Waals surface area (Å²) in [7, 11) is 0. The van der Waals surface area contributed by atoms with Gasteiger partial charge in [0.1, 0.15) is 5.82 Å². The summed E-state index contributed by atoms with van der Waals surface area (Å²) in [5, 5.41) is 0. The van der Waals surface area contributed by atoms with E-state index in [1.807, 2.05) is 0 Å². The van der Waals surface area contributed by atoms with Crippen molar-refractivity contribution in [2.45, 2.75) is 4.90 Å². The van der Waals surface area contributed by atoms with Crippen molar-refractivity contribution < 1.29 is 13.2 Å². The molecule has 5 heteroatoms. The van der Waals surface area contributed by atoms with Gasteiger partial charge in [0.2, 0.25) is 0 Å². The van der Waals surface area contributed by atoms with E-state index in [1.54, 1.807) is 0 Å². The Morgan fingerprint density at radius 1 is 1.45 bits per heavy atom. The molecule has 1 atom stereocenters. The van der Waals surface area contributed by atoms with E-state index < -0.39 is 16.9 Å². The molecule has 1 aromatic carbocycles. The molecule has 0 amide bonds. The molecule has 1 rings (SSSR count). The number of hydrogen-bond donors (Lipinski definition) is 1. The van der Waals surface area contributed by atoms with Crippen LogP contribution in [0.15, 0.2) is 27.6 Å². The van der Waals surface area contributed by atoms with E-state index >= 15 is 0 Å². The van der Waals surface area contributed by atoms with Crippen LogP contribution in [0.2, 0.25) is 0 Å². The first kappa shape index (κ1) is 8.83. The average molecular weight is 239 g/mol. The molecule has 1 aromatic rings. The van der Waals surface area contributed by atoms with Crippen molar-refractivity contribution in [3.05, 3.63) is 28.5 Å². The second-order valence-electron chi connectivity index (χ2n) is 1.85. The molecule has 0 spiro atoms. The zero-order valence-corrected chi connectivity index (χ0v) is 7.65. The Bertz CT molecular complexity index is 282. The fraction of sp³-hybridized carbons (Fsp3) is 0. The maximum Gasteiger partial charge on any atom is 0.186 e. The van der Waals surface area contributed by atoms with Crippen LogP contribution in [0.5, 0.6) is 0 Å². The van der Waals surface area contributed by atoms with Gasteiger partial charge in [-0.2, -0.15) is 0 Å². The molecule has 0 fully saturated rings. The highest BCUT2D eigenvalue weighted by Crippen LogP contribution is 2.16. The first-order valence-electron chi connectivity index (χ1n) is 2.66. The van der Waals surface area contributed by atoms with E-state index in [9.17, 15) is 8.60 Å². The molecule has 0 bridgehead atoms. The van der Waals surface area contributed by atoms with Crippen LogP contribution in [0.1, 0.15) is 0 Å². The SMILES string of the molecule is O=S(O)c1cc(F)cc(Br)c1. The highest BCUT2D eigenvalue weighted by Gasteiger charge is 2.02. The summed E-state index contributed by atoms with van der Waals surface area (Å²) in [6.45, 7) is 0. The average Bonchev–Trinajstić information content (AvgIpc) is 1.85. The van der Waals surface area contributed by atoms with E-state index in [1.165, 1.54) is 12.1 Å². The molecule has 11 heavy (non-hydrogen) atoms. The summed E-state index contributed by atoms with van der Waals surface area (Å²) >= 11 is 0.876. The van der Waals surface area contributed by atoms with Gasteiger partial charge in [0.05, 0.1) is 4.90 Å². The minimum Gasteiger partial charge on any atom is -0.302 e. The molecule has 0 aliphatic rings. The third-order valence-corrected chi connectivity index (χ3v) is 2.13. The minimum atomic E-state index is -2.12. The van der Waals surface area contributed by atoms with Gasteiger partial charge in [-0.1, -0.05) is 15.9 Å². The van der Waals surface area contributed by atoms with Crippen LogP contribution in [0.3, 0.4) is 0 Å². The second kappa shape index (κ2) is 3.42. The number of rotatable bonds is 1. The smallest absolute Gasteiger partial charge is 0.186 e.